The monoisotopic (exact) mass is 354 g/mol. The lowest BCUT2D eigenvalue weighted by Gasteiger charge is -2.13. The smallest absolute Gasteiger partial charge is 0.273 e. The van der Waals surface area contributed by atoms with Gasteiger partial charge in [-0.3, -0.25) is 9.59 Å². The Morgan fingerprint density at radius 3 is 2.50 bits per heavy atom. The van der Waals surface area contributed by atoms with Crippen molar-refractivity contribution >= 4 is 17.4 Å². The van der Waals surface area contributed by atoms with E-state index in [1.165, 1.54) is 21.1 Å². The second kappa shape index (κ2) is 8.80. The van der Waals surface area contributed by atoms with Crippen LogP contribution in [0.15, 0.2) is 47.6 Å². The normalized spacial score (nSPS) is 11.0. The van der Waals surface area contributed by atoms with Gasteiger partial charge in [-0.25, -0.2) is 0 Å². The van der Waals surface area contributed by atoms with Crippen LogP contribution >= 0.6 is 0 Å². The van der Waals surface area contributed by atoms with Crippen LogP contribution in [0.3, 0.4) is 0 Å². The van der Waals surface area contributed by atoms with Gasteiger partial charge in [-0.2, -0.15) is 0 Å². The summed E-state index contributed by atoms with van der Waals surface area (Å²) in [4.78, 5) is 28.4. The quantitative estimate of drug-likeness (QED) is 0.471. The summed E-state index contributed by atoms with van der Waals surface area (Å²) < 4.78 is 5.90. The second-order valence-electron chi connectivity index (χ2n) is 5.68. The van der Waals surface area contributed by atoms with E-state index < -0.39 is 0 Å². The predicted molar refractivity (Wildman–Crippen MR) is 99.6 cm³/mol. The Morgan fingerprint density at radius 2 is 1.88 bits per heavy atom. The molecule has 0 bridgehead atoms. The number of hydrogen-bond acceptors (Lipinski definition) is 5. The minimum absolute atomic E-state index is 0.0102. The van der Waals surface area contributed by atoms with Crippen LogP contribution in [0.5, 0.6) is 5.75 Å². The van der Waals surface area contributed by atoms with Crippen LogP contribution in [0.1, 0.15) is 34.0 Å². The number of ketones is 1. The molecular weight excluding hydrogens is 332 g/mol. The molecule has 0 aromatic heterocycles. The second-order valence-corrected chi connectivity index (χ2v) is 5.68. The van der Waals surface area contributed by atoms with E-state index >= 15 is 0 Å². The number of amides is 1. The highest BCUT2D eigenvalue weighted by molar-refractivity contribution is 6.45. The molecule has 2 aromatic rings. The molecule has 2 aromatic carbocycles. The van der Waals surface area contributed by atoms with Crippen LogP contribution in [0, 0.1) is 6.92 Å². The van der Waals surface area contributed by atoms with Crippen molar-refractivity contribution in [2.45, 2.75) is 20.5 Å². The van der Waals surface area contributed by atoms with E-state index in [0.717, 1.165) is 11.1 Å². The maximum atomic E-state index is 12.1. The summed E-state index contributed by atoms with van der Waals surface area (Å²) in [6, 6.07) is 12.6. The molecule has 0 aliphatic rings. The Kier molecular flexibility index (Phi) is 6.49. The van der Waals surface area contributed by atoms with Gasteiger partial charge in [0.15, 0.2) is 11.5 Å². The van der Waals surface area contributed by atoms with Crippen molar-refractivity contribution in [2.24, 2.45) is 5.16 Å². The lowest BCUT2D eigenvalue weighted by Crippen LogP contribution is -2.29. The van der Waals surface area contributed by atoms with E-state index in [4.69, 9.17) is 9.57 Å². The molecular formula is C20H22N2O4. The van der Waals surface area contributed by atoms with Crippen LogP contribution in [-0.4, -0.2) is 31.6 Å². The Bertz CT molecular complexity index is 843. The summed E-state index contributed by atoms with van der Waals surface area (Å²) in [6.07, 6.45) is 0. The molecule has 0 fully saturated rings. The minimum Gasteiger partial charge on any atom is -0.489 e. The van der Waals surface area contributed by atoms with Crippen molar-refractivity contribution in [3.05, 3.63) is 64.7 Å². The predicted octanol–water partition coefficient (Wildman–Crippen LogP) is 2.87. The summed E-state index contributed by atoms with van der Waals surface area (Å²) in [5.41, 5.74) is 3.11. The number of rotatable bonds is 7. The fourth-order valence-corrected chi connectivity index (χ4v) is 2.49. The zero-order valence-electron chi connectivity index (χ0n) is 15.3. The van der Waals surface area contributed by atoms with Crippen molar-refractivity contribution in [1.82, 2.24) is 5.32 Å². The van der Waals surface area contributed by atoms with Crippen molar-refractivity contribution in [1.29, 1.82) is 0 Å². The highest BCUT2D eigenvalue weighted by atomic mass is 16.6. The fourth-order valence-electron chi connectivity index (χ4n) is 2.49. The van der Waals surface area contributed by atoms with Gasteiger partial charge in [0.05, 0.1) is 0 Å². The summed E-state index contributed by atoms with van der Waals surface area (Å²) in [7, 11) is 2.93. The van der Waals surface area contributed by atoms with Crippen LogP contribution < -0.4 is 10.1 Å². The number of hydrogen-bond donors (Lipinski definition) is 1. The van der Waals surface area contributed by atoms with Crippen LogP contribution in [0.2, 0.25) is 0 Å². The van der Waals surface area contributed by atoms with Gasteiger partial charge in [0, 0.05) is 18.2 Å². The number of nitrogens with one attached hydrogen (secondary N) is 1. The molecule has 0 spiro atoms. The summed E-state index contributed by atoms with van der Waals surface area (Å²) >= 11 is 0. The molecule has 6 heteroatoms. The topological polar surface area (TPSA) is 77.0 Å². The number of benzene rings is 2. The Balaban J connectivity index is 2.27. The Morgan fingerprint density at radius 1 is 1.15 bits per heavy atom. The van der Waals surface area contributed by atoms with E-state index in [0.29, 0.717) is 16.9 Å². The van der Waals surface area contributed by atoms with E-state index in [9.17, 15) is 9.59 Å². The van der Waals surface area contributed by atoms with E-state index in [-0.39, 0.29) is 24.0 Å². The number of carbonyl (C=O) groups is 2. The van der Waals surface area contributed by atoms with Gasteiger partial charge in [-0.15, -0.1) is 0 Å². The van der Waals surface area contributed by atoms with E-state index in [2.05, 4.69) is 10.5 Å². The van der Waals surface area contributed by atoms with Gasteiger partial charge in [-0.1, -0.05) is 29.4 Å². The molecule has 1 N–H and O–H groups in total. The number of carbonyl (C=O) groups excluding carboxylic acids is 2. The zero-order valence-corrected chi connectivity index (χ0v) is 15.3. The molecule has 0 radical (unpaired) electrons. The third-order valence-electron chi connectivity index (χ3n) is 3.86. The molecule has 26 heavy (non-hydrogen) atoms. The maximum absolute atomic E-state index is 12.1. The average Bonchev–Trinajstić information content (AvgIpc) is 2.64. The summed E-state index contributed by atoms with van der Waals surface area (Å²) in [5, 5.41) is 6.39. The maximum Gasteiger partial charge on any atom is 0.273 e. The Labute approximate surface area is 152 Å². The van der Waals surface area contributed by atoms with Crippen LogP contribution in [-0.2, 0) is 16.2 Å². The van der Waals surface area contributed by atoms with Crippen LogP contribution in [0.4, 0.5) is 0 Å². The van der Waals surface area contributed by atoms with Crippen LogP contribution in [0.25, 0.3) is 0 Å². The molecule has 0 aliphatic carbocycles. The highest BCUT2D eigenvalue weighted by Gasteiger charge is 2.17. The Hall–Kier alpha value is -3.15. The molecule has 0 heterocycles. The molecule has 0 aliphatic heterocycles. The zero-order chi connectivity index (χ0) is 19.1. The lowest BCUT2D eigenvalue weighted by molar-refractivity contribution is -0.114. The molecule has 0 saturated carbocycles. The minimum atomic E-state index is -0.346. The number of nitrogens with zero attached hydrogens (tertiary/aromatic N) is 1. The number of likely N-dealkylation sites (N-methyl/N-ethyl adjacent to an activating group) is 1. The van der Waals surface area contributed by atoms with Crippen molar-refractivity contribution in [3.8, 4) is 5.75 Å². The summed E-state index contributed by atoms with van der Waals surface area (Å²) in [5.74, 6) is 0.340. The average molecular weight is 354 g/mol. The first kappa shape index (κ1) is 19.2. The van der Waals surface area contributed by atoms with E-state index in [1.807, 2.05) is 25.1 Å². The van der Waals surface area contributed by atoms with Crippen molar-refractivity contribution in [2.75, 3.05) is 14.2 Å². The first-order chi connectivity index (χ1) is 12.5. The number of Topliss-reactive ketones (excluding diaryl/α,β-unsaturated/α-hetero) is 1. The third-order valence-corrected chi connectivity index (χ3v) is 3.86. The van der Waals surface area contributed by atoms with Crippen molar-refractivity contribution < 1.29 is 19.2 Å². The fraction of sp³-hybridized carbons (Fsp3) is 0.250. The van der Waals surface area contributed by atoms with Gasteiger partial charge in [0.1, 0.15) is 19.5 Å². The highest BCUT2D eigenvalue weighted by Crippen LogP contribution is 2.22. The summed E-state index contributed by atoms with van der Waals surface area (Å²) in [6.45, 7) is 3.66. The molecule has 1 amide bonds. The molecule has 2 rings (SSSR count). The molecule has 136 valence electrons. The molecule has 0 saturated heterocycles. The van der Waals surface area contributed by atoms with Gasteiger partial charge in [0.25, 0.3) is 5.91 Å². The van der Waals surface area contributed by atoms with Gasteiger partial charge in [-0.05, 0) is 43.2 Å². The van der Waals surface area contributed by atoms with Gasteiger partial charge in [0.2, 0.25) is 0 Å². The van der Waals surface area contributed by atoms with Gasteiger partial charge >= 0.3 is 0 Å². The number of aryl methyl sites for hydroxylation is 1. The molecule has 0 atom stereocenters. The first-order valence-corrected chi connectivity index (χ1v) is 8.13. The lowest BCUT2D eigenvalue weighted by atomic mass is 10.0. The number of ether oxygens (including phenoxy) is 1. The SMILES string of the molecule is CNC(=O)C(=NOC)c1ccccc1COc1ccc(C(C)=O)cc1C. The van der Waals surface area contributed by atoms with Crippen molar-refractivity contribution in [3.63, 3.8) is 0 Å². The first-order valence-electron chi connectivity index (χ1n) is 8.13. The molecule has 6 nitrogen and oxygen atoms in total. The largest absolute Gasteiger partial charge is 0.489 e. The van der Waals surface area contributed by atoms with Gasteiger partial charge < -0.3 is 14.9 Å². The third kappa shape index (κ3) is 4.47. The molecule has 0 unspecified atom stereocenters. The standard InChI is InChI=1S/C20H22N2O4/c1-13-11-15(14(2)23)9-10-18(13)26-12-16-7-5-6-8-17(16)19(22-25-4)20(24)21-3/h5-11H,12H2,1-4H3,(H,21,24). The van der Waals surface area contributed by atoms with E-state index in [1.54, 1.807) is 24.3 Å². The number of oxime groups is 1.